The van der Waals surface area contributed by atoms with Crippen molar-refractivity contribution in [2.24, 2.45) is 0 Å². The van der Waals surface area contributed by atoms with E-state index in [-0.39, 0.29) is 46.0 Å². The Labute approximate surface area is 679 Å². The number of hydrogen-bond donors (Lipinski definition) is 8. The lowest BCUT2D eigenvalue weighted by Crippen LogP contribution is -2.45. The van der Waals surface area contributed by atoms with Gasteiger partial charge in [-0.05, 0) is 193 Å². The molecule has 0 aliphatic rings. The molecular weight excluding hydrogens is 1500 g/mol. The summed E-state index contributed by atoms with van der Waals surface area (Å²) in [5, 5.41) is 86.0. The molecule has 0 aromatic heterocycles. The van der Waals surface area contributed by atoms with Crippen molar-refractivity contribution >= 4 is 40.4 Å². The van der Waals surface area contributed by atoms with E-state index in [0.29, 0.717) is 46.0 Å². The average Bonchev–Trinajstić information content (AvgIpc) is 0.805. The summed E-state index contributed by atoms with van der Waals surface area (Å²) in [7, 11) is 1.94. The second kappa shape index (κ2) is 43.9. The SMILES string of the molecule is COc1cc(CCC[Si](C)(CCCc2ccc(O)c(OC)c2)CC[Si](CC[Si](C)(CCCc2ccc(O)c(OC)c2)CCCc2ccc(O)c(OC)c2)(CC[Si](C)(CCCc2ccc(O)c(OC)c2)CCCc2ccc(O)c(OC)c2)CC[Si](C)(CCCc2ccc(O)c(OC)c2)CCCc2ccc(O)c(OC)c2)ccc1O. The molecular formula is C92H132O16Si5. The lowest BCUT2D eigenvalue weighted by Gasteiger charge is -2.43. The van der Waals surface area contributed by atoms with E-state index >= 15 is 0 Å². The fraction of sp³-hybridized carbons (Fsp3) is 0.478. The van der Waals surface area contributed by atoms with E-state index in [0.717, 1.165) is 196 Å². The van der Waals surface area contributed by atoms with E-state index in [1.54, 1.807) is 105 Å². The number of methoxy groups -OCH3 is 8. The van der Waals surface area contributed by atoms with E-state index in [1.807, 2.05) is 97.1 Å². The highest BCUT2D eigenvalue weighted by atomic mass is 28.3. The average molecular weight is 1630 g/mol. The Kier molecular flexibility index (Phi) is 35.1. The maximum absolute atomic E-state index is 10.8. The van der Waals surface area contributed by atoms with Crippen LogP contribution in [0.2, 0.25) is 123 Å². The first-order valence-corrected chi connectivity index (χ1v) is 56.4. The van der Waals surface area contributed by atoms with E-state index in [1.165, 1.54) is 48.4 Å². The molecule has 0 amide bonds. The Morgan fingerprint density at radius 2 is 0.310 bits per heavy atom. The monoisotopic (exact) mass is 1630 g/mol. The zero-order chi connectivity index (χ0) is 81.6. The Morgan fingerprint density at radius 3 is 0.425 bits per heavy atom. The second-order valence-corrected chi connectivity index (χ2v) is 59.1. The van der Waals surface area contributed by atoms with Crippen LogP contribution in [0.5, 0.6) is 92.0 Å². The maximum atomic E-state index is 10.8. The molecule has 0 bridgehead atoms. The quantitative estimate of drug-likeness (QED) is 0.0166. The van der Waals surface area contributed by atoms with Crippen molar-refractivity contribution in [3.8, 4) is 92.0 Å². The molecule has 0 heterocycles. The van der Waals surface area contributed by atoms with Gasteiger partial charge in [-0.1, -0.05) is 223 Å². The lowest BCUT2D eigenvalue weighted by atomic mass is 10.1. The molecule has 0 atom stereocenters. The molecule has 0 fully saturated rings. The molecule has 21 heteroatoms. The molecule has 8 aromatic rings. The summed E-state index contributed by atoms with van der Waals surface area (Å²) in [6.45, 7) is 10.9. The minimum atomic E-state index is -2.43. The number of phenolic OH excluding ortho intramolecular Hbond substituents is 8. The Morgan fingerprint density at radius 1 is 0.186 bits per heavy atom. The maximum Gasteiger partial charge on any atom is 0.160 e. The summed E-state index contributed by atoms with van der Waals surface area (Å²) in [5.74, 6) is 5.08. The molecule has 0 aliphatic heterocycles. The predicted molar refractivity (Wildman–Crippen MR) is 473 cm³/mol. The molecule has 16 nitrogen and oxygen atoms in total. The summed E-state index contributed by atoms with van der Waals surface area (Å²) in [4.78, 5) is 0. The molecule has 0 aliphatic carbocycles. The van der Waals surface area contributed by atoms with Crippen molar-refractivity contribution in [3.05, 3.63) is 190 Å². The molecule has 616 valence electrons. The zero-order valence-electron chi connectivity index (χ0n) is 69.8. The number of aryl methyl sites for hydroxylation is 8. The largest absolute Gasteiger partial charge is 0.504 e. The van der Waals surface area contributed by atoms with Gasteiger partial charge in [0.05, 0.1) is 97.2 Å². The molecule has 0 radical (unpaired) electrons. The van der Waals surface area contributed by atoms with Crippen molar-refractivity contribution in [1.29, 1.82) is 0 Å². The fourth-order valence-electron chi connectivity index (χ4n) is 17.3. The highest BCUT2D eigenvalue weighted by Crippen LogP contribution is 2.47. The summed E-state index contributed by atoms with van der Waals surface area (Å²) in [6.07, 6.45) is 15.2. The number of ether oxygens (including phenoxy) is 8. The van der Waals surface area contributed by atoms with Crippen molar-refractivity contribution < 1.29 is 78.7 Å². The first-order chi connectivity index (χ1) is 54.2. The van der Waals surface area contributed by atoms with Gasteiger partial charge in [0.1, 0.15) is 0 Å². The van der Waals surface area contributed by atoms with Crippen LogP contribution in [0.4, 0.5) is 0 Å². The Bertz CT molecular complexity index is 3490. The number of benzene rings is 8. The first-order valence-electron chi connectivity index (χ1n) is 41.1. The van der Waals surface area contributed by atoms with E-state index in [2.05, 4.69) is 26.2 Å². The van der Waals surface area contributed by atoms with Crippen LogP contribution in [-0.2, 0) is 51.4 Å². The molecule has 113 heavy (non-hydrogen) atoms. The molecule has 0 spiro atoms. The topological polar surface area (TPSA) is 236 Å². The molecule has 0 saturated heterocycles. The van der Waals surface area contributed by atoms with Gasteiger partial charge in [0, 0.05) is 0 Å². The molecule has 8 aromatic carbocycles. The minimum absolute atomic E-state index is 0.142. The van der Waals surface area contributed by atoms with Crippen LogP contribution in [0.25, 0.3) is 0 Å². The lowest BCUT2D eigenvalue weighted by molar-refractivity contribution is 0.373. The number of rotatable bonds is 52. The zero-order valence-corrected chi connectivity index (χ0v) is 74.8. The van der Waals surface area contributed by atoms with Gasteiger partial charge >= 0.3 is 0 Å². The van der Waals surface area contributed by atoms with Crippen LogP contribution in [0, 0.1) is 0 Å². The predicted octanol–water partition coefficient (Wildman–Crippen LogP) is 22.5. The second-order valence-electron chi connectivity index (χ2n) is 33.6. The minimum Gasteiger partial charge on any atom is -0.504 e. The van der Waals surface area contributed by atoms with Crippen LogP contribution in [0.3, 0.4) is 0 Å². The molecule has 8 rings (SSSR count). The standard InChI is InChI=1S/C92H132O16Si5/c1-101-85-61-69(29-37-77(85)93)21-13-45-109(9,46-14-22-70-30-38-78(94)86(62-70)102-2)53-57-113(58-54-110(10,47-15-23-71-31-39-79(95)87(63-71)103-3)48-16-24-72-32-40-80(96)88(64-72)104-4,59-55-111(11,49-17-25-73-33-41-81(97)89(65-73)105-5)50-18-26-74-34-42-82(98)90(66-74)106-6)60-56-112(12,51-19-27-75-35-43-83(99)91(67-75)107-7)52-20-28-76-36-44-84(100)92(68-76)108-8/h29-44,61-68,93-100H,13-28,45-60H2,1-12H3. The highest BCUT2D eigenvalue weighted by Gasteiger charge is 2.43. The van der Waals surface area contributed by atoms with E-state index in [9.17, 15) is 40.9 Å². The van der Waals surface area contributed by atoms with Crippen molar-refractivity contribution in [2.75, 3.05) is 56.9 Å². The summed E-state index contributed by atoms with van der Waals surface area (Å²) < 4.78 is 45.3. The van der Waals surface area contributed by atoms with Crippen LogP contribution < -0.4 is 37.9 Å². The number of hydrogen-bond acceptors (Lipinski definition) is 16. The number of aromatic hydroxyl groups is 8. The normalized spacial score (nSPS) is 12.1. The smallest absolute Gasteiger partial charge is 0.160 e. The van der Waals surface area contributed by atoms with Gasteiger partial charge in [-0.15, -0.1) is 0 Å². The third-order valence-corrected chi connectivity index (χ3v) is 50.5. The van der Waals surface area contributed by atoms with Gasteiger partial charge in [0.15, 0.2) is 92.0 Å². The Balaban J connectivity index is 1.27. The first kappa shape index (κ1) is 90.2. The molecule has 8 N–H and O–H groups in total. The summed E-state index contributed by atoms with van der Waals surface area (Å²) in [6, 6.07) is 65.7. The molecule has 0 saturated carbocycles. The van der Waals surface area contributed by atoms with E-state index < -0.39 is 40.4 Å². The molecule has 0 unspecified atom stereocenters. The highest BCUT2D eigenvalue weighted by molar-refractivity contribution is 6.90. The van der Waals surface area contributed by atoms with Gasteiger partial charge in [-0.2, -0.15) is 0 Å². The summed E-state index contributed by atoms with van der Waals surface area (Å²) in [5.41, 5.74) is 9.27. The third kappa shape index (κ3) is 28.0. The van der Waals surface area contributed by atoms with Crippen LogP contribution in [0.1, 0.15) is 95.9 Å². The van der Waals surface area contributed by atoms with Crippen molar-refractivity contribution in [3.63, 3.8) is 0 Å². The van der Waals surface area contributed by atoms with Gasteiger partial charge < -0.3 is 78.7 Å². The Hall–Kier alpha value is -8.36. The van der Waals surface area contributed by atoms with Crippen molar-refractivity contribution in [2.45, 2.75) is 226 Å². The third-order valence-electron chi connectivity index (χ3n) is 25.0. The fourth-order valence-corrected chi connectivity index (χ4v) is 48.2. The van der Waals surface area contributed by atoms with Crippen LogP contribution in [0.15, 0.2) is 146 Å². The van der Waals surface area contributed by atoms with Gasteiger partial charge in [-0.25, -0.2) is 0 Å². The van der Waals surface area contributed by atoms with Gasteiger partial charge in [-0.3, -0.25) is 0 Å². The number of phenols is 8. The summed E-state index contributed by atoms with van der Waals surface area (Å²) >= 11 is 0. The van der Waals surface area contributed by atoms with Crippen LogP contribution in [-0.4, -0.2) is 138 Å². The van der Waals surface area contributed by atoms with Gasteiger partial charge in [0.2, 0.25) is 0 Å². The van der Waals surface area contributed by atoms with E-state index in [4.69, 9.17) is 37.9 Å². The van der Waals surface area contributed by atoms with Crippen LogP contribution >= 0.6 is 0 Å². The van der Waals surface area contributed by atoms with Gasteiger partial charge in [0.25, 0.3) is 0 Å². The van der Waals surface area contributed by atoms with Crippen molar-refractivity contribution in [1.82, 2.24) is 0 Å².